The summed E-state index contributed by atoms with van der Waals surface area (Å²) in [6.45, 7) is 1.15. The molecule has 0 fully saturated rings. The number of benzene rings is 1. The molecule has 1 aromatic heterocycles. The average Bonchev–Trinajstić information content (AvgIpc) is 3.11. The summed E-state index contributed by atoms with van der Waals surface area (Å²) in [5.74, 6) is 0.0835. The molecule has 0 aliphatic rings. The molecule has 0 radical (unpaired) electrons. The number of hydrogen-bond donors (Lipinski definition) is 4. The van der Waals surface area contributed by atoms with Crippen LogP contribution >= 0.6 is 0 Å². The lowest BCUT2D eigenvalue weighted by atomic mass is 10.0. The molecular weight excluding hydrogens is 322 g/mol. The van der Waals surface area contributed by atoms with Crippen molar-refractivity contribution in [3.8, 4) is 17.0 Å². The lowest BCUT2D eigenvalue weighted by Crippen LogP contribution is -2.35. The highest BCUT2D eigenvalue weighted by atomic mass is 16.5. The Labute approximate surface area is 146 Å². The summed E-state index contributed by atoms with van der Waals surface area (Å²) < 4.78 is 10.9. The molecule has 1 heterocycles. The summed E-state index contributed by atoms with van der Waals surface area (Å²) in [6, 6.07) is 7.66. The van der Waals surface area contributed by atoms with Gasteiger partial charge < -0.3 is 15.2 Å². The van der Waals surface area contributed by atoms with Crippen molar-refractivity contribution < 1.29 is 14.3 Å². The predicted octanol–water partition coefficient (Wildman–Crippen LogP) is 1.43. The van der Waals surface area contributed by atoms with E-state index < -0.39 is 0 Å². The van der Waals surface area contributed by atoms with Crippen LogP contribution in [0.25, 0.3) is 11.3 Å². The first kappa shape index (κ1) is 18.5. The zero-order chi connectivity index (χ0) is 18.1. The molecule has 0 saturated heterocycles. The minimum Gasteiger partial charge on any atom is -0.493 e. The van der Waals surface area contributed by atoms with Gasteiger partial charge in [0.1, 0.15) is 5.75 Å². The van der Waals surface area contributed by atoms with Crippen LogP contribution in [-0.4, -0.2) is 42.4 Å². The minimum atomic E-state index is -0.346. The number of H-pyrrole nitrogens is 1. The number of guanidine groups is 1. The van der Waals surface area contributed by atoms with E-state index in [0.717, 1.165) is 23.2 Å². The van der Waals surface area contributed by atoms with Crippen LogP contribution in [0.3, 0.4) is 0 Å². The number of nitrogens with zero attached hydrogens (tertiary/aromatic N) is 1. The van der Waals surface area contributed by atoms with E-state index in [1.165, 1.54) is 0 Å². The number of rotatable bonds is 9. The molecule has 0 saturated carbocycles. The average molecular weight is 345 g/mol. The smallest absolute Gasteiger partial charge is 0.226 e. The van der Waals surface area contributed by atoms with Crippen molar-refractivity contribution in [1.29, 1.82) is 5.41 Å². The highest BCUT2D eigenvalue weighted by molar-refractivity contribution is 5.94. The van der Waals surface area contributed by atoms with E-state index in [1.54, 1.807) is 13.3 Å². The highest BCUT2D eigenvalue weighted by Crippen LogP contribution is 2.30. The van der Waals surface area contributed by atoms with Crippen molar-refractivity contribution in [2.75, 3.05) is 20.3 Å². The maximum atomic E-state index is 11.6. The summed E-state index contributed by atoms with van der Waals surface area (Å²) in [4.78, 5) is 11.6. The maximum Gasteiger partial charge on any atom is 0.226 e. The predicted molar refractivity (Wildman–Crippen MR) is 94.4 cm³/mol. The second-order valence-electron chi connectivity index (χ2n) is 5.45. The molecule has 0 spiro atoms. The normalized spacial score (nSPS) is 10.4. The Morgan fingerprint density at radius 3 is 2.88 bits per heavy atom. The van der Waals surface area contributed by atoms with Gasteiger partial charge in [-0.25, -0.2) is 0 Å². The molecule has 134 valence electrons. The second-order valence-corrected chi connectivity index (χ2v) is 5.45. The van der Waals surface area contributed by atoms with Crippen LogP contribution in [0.2, 0.25) is 0 Å². The molecule has 5 N–H and O–H groups in total. The van der Waals surface area contributed by atoms with Crippen molar-refractivity contribution in [2.24, 2.45) is 5.73 Å². The molecule has 0 aliphatic carbocycles. The van der Waals surface area contributed by atoms with Crippen LogP contribution in [0.5, 0.6) is 5.75 Å². The molecule has 2 rings (SSSR count). The van der Waals surface area contributed by atoms with Gasteiger partial charge in [-0.05, 0) is 30.2 Å². The first-order valence-corrected chi connectivity index (χ1v) is 7.99. The van der Waals surface area contributed by atoms with Crippen molar-refractivity contribution in [2.45, 2.75) is 19.3 Å². The summed E-state index contributed by atoms with van der Waals surface area (Å²) in [5, 5.41) is 16.3. The topological polar surface area (TPSA) is 126 Å². The molecule has 25 heavy (non-hydrogen) atoms. The van der Waals surface area contributed by atoms with Gasteiger partial charge in [-0.3, -0.25) is 20.6 Å². The molecular formula is C17H23N5O3. The van der Waals surface area contributed by atoms with Crippen LogP contribution in [-0.2, 0) is 16.0 Å². The molecule has 8 nitrogen and oxygen atoms in total. The van der Waals surface area contributed by atoms with Gasteiger partial charge in [0.05, 0.1) is 12.3 Å². The van der Waals surface area contributed by atoms with Crippen molar-refractivity contribution in [3.05, 3.63) is 36.0 Å². The largest absolute Gasteiger partial charge is 0.493 e. The molecule has 1 aromatic carbocycles. The van der Waals surface area contributed by atoms with Gasteiger partial charge in [-0.2, -0.15) is 5.10 Å². The third-order valence-corrected chi connectivity index (χ3v) is 3.49. The number of ether oxygens (including phenoxy) is 2. The van der Waals surface area contributed by atoms with E-state index in [9.17, 15) is 4.79 Å². The number of carbonyl (C=O) groups is 1. The van der Waals surface area contributed by atoms with Gasteiger partial charge in [0.15, 0.2) is 5.96 Å². The zero-order valence-corrected chi connectivity index (χ0v) is 14.2. The molecule has 1 amide bonds. The summed E-state index contributed by atoms with van der Waals surface area (Å²) in [5.41, 5.74) is 7.79. The number of aryl methyl sites for hydroxylation is 1. The van der Waals surface area contributed by atoms with E-state index in [-0.39, 0.29) is 18.3 Å². The molecule has 0 atom stereocenters. The lowest BCUT2D eigenvalue weighted by molar-refractivity contribution is -0.119. The number of aromatic amines is 1. The Kier molecular flexibility index (Phi) is 6.97. The van der Waals surface area contributed by atoms with Crippen LogP contribution in [0.4, 0.5) is 0 Å². The van der Waals surface area contributed by atoms with E-state index in [4.69, 9.17) is 20.6 Å². The van der Waals surface area contributed by atoms with Crippen molar-refractivity contribution in [1.82, 2.24) is 15.5 Å². The number of nitrogens with one attached hydrogen (secondary N) is 3. The number of carbonyl (C=O) groups excluding carboxylic acids is 1. The second kappa shape index (κ2) is 9.43. The van der Waals surface area contributed by atoms with Gasteiger partial charge in [-0.1, -0.05) is 6.07 Å². The molecule has 8 heteroatoms. The fraction of sp³-hybridized carbons (Fsp3) is 0.353. The number of nitrogens with two attached hydrogens (primary N) is 1. The fourth-order valence-electron chi connectivity index (χ4n) is 2.32. The first-order valence-electron chi connectivity index (χ1n) is 7.99. The van der Waals surface area contributed by atoms with E-state index in [2.05, 4.69) is 15.5 Å². The summed E-state index contributed by atoms with van der Waals surface area (Å²) in [6.07, 6.45) is 3.30. The quantitative estimate of drug-likeness (QED) is 0.311. The monoisotopic (exact) mass is 345 g/mol. The Morgan fingerprint density at radius 2 is 2.20 bits per heavy atom. The third-order valence-electron chi connectivity index (χ3n) is 3.49. The SMILES string of the molecule is COCCCOc1cc(CCC(=O)NC(=N)N)ccc1-c1cc[nH]n1. The molecule has 0 unspecified atom stereocenters. The Balaban J connectivity index is 2.08. The Morgan fingerprint density at radius 1 is 1.36 bits per heavy atom. The van der Waals surface area contributed by atoms with Crippen molar-refractivity contribution in [3.63, 3.8) is 0 Å². The Hall–Kier alpha value is -2.87. The number of aromatic nitrogens is 2. The molecule has 0 aliphatic heterocycles. The Bertz CT molecular complexity index is 700. The zero-order valence-electron chi connectivity index (χ0n) is 14.2. The molecule has 0 bridgehead atoms. The van der Waals surface area contributed by atoms with E-state index in [0.29, 0.717) is 25.4 Å². The number of hydrogen-bond acceptors (Lipinski definition) is 5. The van der Waals surface area contributed by atoms with Crippen LogP contribution in [0.15, 0.2) is 30.5 Å². The molecule has 2 aromatic rings. The van der Waals surface area contributed by atoms with Gasteiger partial charge in [0, 0.05) is 38.3 Å². The van der Waals surface area contributed by atoms with Gasteiger partial charge in [-0.15, -0.1) is 0 Å². The third kappa shape index (κ3) is 5.92. The standard InChI is InChI=1S/C17H23N5O3/c1-24-9-2-10-25-15-11-12(4-6-16(23)21-17(18)19)3-5-13(15)14-7-8-20-22-14/h3,5,7-8,11H,2,4,6,9-10H2,1H3,(H,20,22)(H4,18,19,21,23). The summed E-state index contributed by atoms with van der Waals surface area (Å²) in [7, 11) is 1.65. The highest BCUT2D eigenvalue weighted by Gasteiger charge is 2.11. The van der Waals surface area contributed by atoms with Crippen LogP contribution in [0.1, 0.15) is 18.4 Å². The van der Waals surface area contributed by atoms with Crippen LogP contribution in [0, 0.1) is 5.41 Å². The van der Waals surface area contributed by atoms with Gasteiger partial charge in [0.2, 0.25) is 5.91 Å². The lowest BCUT2D eigenvalue weighted by Gasteiger charge is -2.12. The summed E-state index contributed by atoms with van der Waals surface area (Å²) >= 11 is 0. The van der Waals surface area contributed by atoms with Crippen LogP contribution < -0.4 is 15.8 Å². The fourth-order valence-corrected chi connectivity index (χ4v) is 2.32. The first-order chi connectivity index (χ1) is 12.1. The van der Waals surface area contributed by atoms with E-state index >= 15 is 0 Å². The minimum absolute atomic E-state index is 0.241. The number of methoxy groups -OCH3 is 1. The van der Waals surface area contributed by atoms with Crippen molar-refractivity contribution >= 4 is 11.9 Å². The van der Waals surface area contributed by atoms with E-state index in [1.807, 2.05) is 24.3 Å². The number of amides is 1. The van der Waals surface area contributed by atoms with Gasteiger partial charge >= 0.3 is 0 Å². The maximum absolute atomic E-state index is 11.6. The van der Waals surface area contributed by atoms with Gasteiger partial charge in [0.25, 0.3) is 0 Å².